The minimum atomic E-state index is -2.90. The number of furan rings is 1. The van der Waals surface area contributed by atoms with E-state index >= 15 is 0 Å². The second-order valence-corrected chi connectivity index (χ2v) is 3.04. The van der Waals surface area contributed by atoms with Crippen LogP contribution < -0.4 is 5.73 Å². The van der Waals surface area contributed by atoms with Crippen molar-refractivity contribution in [1.29, 1.82) is 0 Å². The van der Waals surface area contributed by atoms with Crippen LogP contribution in [0.25, 0.3) is 0 Å². The van der Waals surface area contributed by atoms with Crippen molar-refractivity contribution in [2.24, 2.45) is 5.73 Å². The predicted octanol–water partition coefficient (Wildman–Crippen LogP) is 2.63. The lowest BCUT2D eigenvalue weighted by Crippen LogP contribution is -2.31. The fraction of sp³-hybridized carbons (Fsp3) is 0.556. The molecule has 1 unspecified atom stereocenters. The third kappa shape index (κ3) is 2.06. The summed E-state index contributed by atoms with van der Waals surface area (Å²) in [5, 5.41) is 0. The van der Waals surface area contributed by atoms with E-state index in [9.17, 15) is 8.78 Å². The quantitative estimate of drug-likeness (QED) is 0.793. The number of nitrogens with two attached hydrogens (primary N) is 1. The largest absolute Gasteiger partial charge is 0.464 e. The Balaban J connectivity index is 2.84. The number of halogens is 2. The van der Waals surface area contributed by atoms with Gasteiger partial charge in [-0.25, -0.2) is 8.78 Å². The topological polar surface area (TPSA) is 39.2 Å². The summed E-state index contributed by atoms with van der Waals surface area (Å²) in [6.07, 6.45) is -0.284. The van der Waals surface area contributed by atoms with Crippen molar-refractivity contribution < 1.29 is 13.2 Å². The normalized spacial score (nSPS) is 14.5. The van der Waals surface area contributed by atoms with Gasteiger partial charge in [0.05, 0.1) is 0 Å². The molecule has 0 bridgehead atoms. The molecule has 1 heterocycles. The van der Waals surface area contributed by atoms with Gasteiger partial charge in [-0.1, -0.05) is 6.92 Å². The Morgan fingerprint density at radius 1 is 1.54 bits per heavy atom. The monoisotopic (exact) mass is 189 g/mol. The van der Waals surface area contributed by atoms with Crippen molar-refractivity contribution in [1.82, 2.24) is 0 Å². The zero-order valence-corrected chi connectivity index (χ0v) is 7.68. The molecule has 2 nitrogen and oxygen atoms in total. The summed E-state index contributed by atoms with van der Waals surface area (Å²) in [6, 6.07) is 1.77. The second kappa shape index (κ2) is 3.46. The van der Waals surface area contributed by atoms with Gasteiger partial charge in [0.15, 0.2) is 0 Å². The molecule has 1 rings (SSSR count). The maximum atomic E-state index is 13.1. The van der Waals surface area contributed by atoms with Gasteiger partial charge >= 0.3 is 0 Å². The summed E-state index contributed by atoms with van der Waals surface area (Å²) < 4.78 is 31.1. The molecule has 1 atom stereocenters. The Labute approximate surface area is 75.7 Å². The Kier molecular flexibility index (Phi) is 2.71. The zero-order chi connectivity index (χ0) is 10.1. The summed E-state index contributed by atoms with van der Waals surface area (Å²) in [7, 11) is 0. The lowest BCUT2D eigenvalue weighted by atomic mass is 10.1. The highest BCUT2D eigenvalue weighted by Crippen LogP contribution is 2.32. The molecule has 4 heteroatoms. The van der Waals surface area contributed by atoms with E-state index in [1.54, 1.807) is 13.0 Å². The zero-order valence-electron chi connectivity index (χ0n) is 7.68. The number of aryl methyl sites for hydroxylation is 1. The first kappa shape index (κ1) is 10.2. The van der Waals surface area contributed by atoms with Crippen LogP contribution in [0.1, 0.15) is 30.9 Å². The van der Waals surface area contributed by atoms with Crippen molar-refractivity contribution in [2.45, 2.75) is 32.2 Å². The van der Waals surface area contributed by atoms with E-state index in [4.69, 9.17) is 10.2 Å². The molecule has 0 radical (unpaired) electrons. The van der Waals surface area contributed by atoms with Crippen LogP contribution in [0.2, 0.25) is 0 Å². The summed E-state index contributed by atoms with van der Waals surface area (Å²) in [6.45, 7) is 3.09. The van der Waals surface area contributed by atoms with Crippen LogP contribution in [0.4, 0.5) is 8.78 Å². The van der Waals surface area contributed by atoms with E-state index in [1.807, 2.05) is 0 Å². The van der Waals surface area contributed by atoms with Gasteiger partial charge in [0.2, 0.25) is 0 Å². The Hall–Kier alpha value is -0.900. The number of hydrogen-bond donors (Lipinski definition) is 1. The molecule has 13 heavy (non-hydrogen) atoms. The van der Waals surface area contributed by atoms with E-state index in [1.165, 1.54) is 13.0 Å². The van der Waals surface area contributed by atoms with Crippen LogP contribution in [0.3, 0.4) is 0 Å². The number of alkyl halides is 2. The minimum Gasteiger partial charge on any atom is -0.464 e. The predicted molar refractivity (Wildman–Crippen MR) is 45.6 cm³/mol. The molecule has 2 N–H and O–H groups in total. The third-order valence-corrected chi connectivity index (χ3v) is 1.99. The second-order valence-electron chi connectivity index (χ2n) is 3.04. The summed E-state index contributed by atoms with van der Waals surface area (Å²) >= 11 is 0. The number of hydrogen-bond acceptors (Lipinski definition) is 2. The molecule has 0 aromatic carbocycles. The summed E-state index contributed by atoms with van der Waals surface area (Å²) in [5.74, 6) is -2.16. The van der Waals surface area contributed by atoms with E-state index in [0.29, 0.717) is 5.76 Å². The van der Waals surface area contributed by atoms with Crippen LogP contribution in [-0.4, -0.2) is 5.92 Å². The van der Waals surface area contributed by atoms with Gasteiger partial charge in [-0.15, -0.1) is 0 Å². The maximum Gasteiger partial charge on any atom is 0.269 e. The van der Waals surface area contributed by atoms with Crippen molar-refractivity contribution in [3.8, 4) is 0 Å². The first-order chi connectivity index (χ1) is 5.97. The third-order valence-electron chi connectivity index (χ3n) is 1.99. The van der Waals surface area contributed by atoms with Gasteiger partial charge in [-0.05, 0) is 19.1 Å². The molecule has 0 amide bonds. The van der Waals surface area contributed by atoms with Gasteiger partial charge in [-0.3, -0.25) is 0 Å². The Morgan fingerprint density at radius 2 is 2.15 bits per heavy atom. The van der Waals surface area contributed by atoms with Gasteiger partial charge in [0, 0.05) is 6.42 Å². The average Bonchev–Trinajstić information content (AvgIpc) is 2.50. The molecule has 74 valence electrons. The van der Waals surface area contributed by atoms with Gasteiger partial charge in [0.25, 0.3) is 5.92 Å². The molecule has 0 aliphatic rings. The first-order valence-corrected chi connectivity index (χ1v) is 4.17. The first-order valence-electron chi connectivity index (χ1n) is 4.17. The number of rotatable bonds is 3. The molecule has 0 saturated heterocycles. The van der Waals surface area contributed by atoms with E-state index in [2.05, 4.69) is 0 Å². The van der Waals surface area contributed by atoms with Crippen LogP contribution in [0, 0.1) is 6.92 Å². The molecule has 0 aliphatic carbocycles. The van der Waals surface area contributed by atoms with E-state index < -0.39 is 12.0 Å². The van der Waals surface area contributed by atoms with Gasteiger partial charge in [-0.2, -0.15) is 0 Å². The molecular weight excluding hydrogens is 176 g/mol. The highest BCUT2D eigenvalue weighted by molar-refractivity contribution is 5.11. The fourth-order valence-electron chi connectivity index (χ4n) is 1.05. The highest BCUT2D eigenvalue weighted by Gasteiger charge is 2.37. The van der Waals surface area contributed by atoms with Crippen molar-refractivity contribution in [3.63, 3.8) is 0 Å². The summed E-state index contributed by atoms with van der Waals surface area (Å²) in [4.78, 5) is 0. The fourth-order valence-corrected chi connectivity index (χ4v) is 1.05. The molecule has 1 aromatic rings. The lowest BCUT2D eigenvalue weighted by molar-refractivity contribution is -0.0354. The highest BCUT2D eigenvalue weighted by atomic mass is 19.3. The summed E-state index contributed by atoms with van der Waals surface area (Å²) in [5.41, 5.74) is 5.35. The maximum absolute atomic E-state index is 13.1. The smallest absolute Gasteiger partial charge is 0.269 e. The van der Waals surface area contributed by atoms with Crippen molar-refractivity contribution >= 4 is 0 Å². The van der Waals surface area contributed by atoms with Crippen molar-refractivity contribution in [2.75, 3.05) is 0 Å². The van der Waals surface area contributed by atoms with Crippen LogP contribution in [0.15, 0.2) is 16.5 Å². The minimum absolute atomic E-state index is 0.143. The lowest BCUT2D eigenvalue weighted by Gasteiger charge is -2.19. The molecule has 0 fully saturated rings. The Morgan fingerprint density at radius 3 is 2.54 bits per heavy atom. The van der Waals surface area contributed by atoms with Crippen LogP contribution in [-0.2, 0) is 0 Å². The molecule has 0 saturated carbocycles. The van der Waals surface area contributed by atoms with E-state index in [0.717, 1.165) is 0 Å². The SMILES string of the molecule is CCC(F)(F)C(N)c1ccc(C)o1. The molecule has 1 aromatic heterocycles. The van der Waals surface area contributed by atoms with Crippen LogP contribution in [0.5, 0.6) is 0 Å². The van der Waals surface area contributed by atoms with Gasteiger partial charge < -0.3 is 10.2 Å². The molecular formula is C9H13F2NO. The average molecular weight is 189 g/mol. The molecule has 0 aliphatic heterocycles. The van der Waals surface area contributed by atoms with E-state index in [-0.39, 0.29) is 12.2 Å². The standard InChI is InChI=1S/C9H13F2NO/c1-3-9(10,11)8(12)7-5-4-6(2)13-7/h4-5,8H,3,12H2,1-2H3. The van der Waals surface area contributed by atoms with Crippen LogP contribution >= 0.6 is 0 Å². The van der Waals surface area contributed by atoms with Crippen molar-refractivity contribution in [3.05, 3.63) is 23.7 Å². The molecule has 0 spiro atoms. The van der Waals surface area contributed by atoms with Gasteiger partial charge in [0.1, 0.15) is 17.6 Å². The Bertz CT molecular complexity index is 283.